The van der Waals surface area contributed by atoms with E-state index < -0.39 is 9.84 Å². The summed E-state index contributed by atoms with van der Waals surface area (Å²) in [6.45, 7) is 4.67. The number of halogens is 1. The van der Waals surface area contributed by atoms with E-state index in [0.29, 0.717) is 40.3 Å². The number of fused-ring (bicyclic) bond motifs is 1. The zero-order valence-electron chi connectivity index (χ0n) is 18.7. The lowest BCUT2D eigenvalue weighted by atomic mass is 9.84. The Hall–Kier alpha value is -3.42. The molecule has 2 aromatic carbocycles. The van der Waals surface area contributed by atoms with Gasteiger partial charge in [0.05, 0.1) is 21.8 Å². The Kier molecular flexibility index (Phi) is 6.10. The van der Waals surface area contributed by atoms with E-state index in [1.807, 2.05) is 19.9 Å². The number of sulfone groups is 1. The predicted molar refractivity (Wildman–Crippen MR) is 133 cm³/mol. The van der Waals surface area contributed by atoms with E-state index in [1.54, 1.807) is 23.1 Å². The van der Waals surface area contributed by atoms with Gasteiger partial charge in [-0.3, -0.25) is 0 Å². The van der Waals surface area contributed by atoms with Crippen LogP contribution in [0.1, 0.15) is 25.0 Å². The maximum absolute atomic E-state index is 12.2. The van der Waals surface area contributed by atoms with Crippen LogP contribution in [0.15, 0.2) is 47.5 Å². The fraction of sp³-hybridized carbons (Fsp3) is 0.217. The standard InChI is InChI=1S/C23H20BClN5O3S/c1-23(2)12-30(24-13-31)21-15(11-26)8-14(9-17(21)23)18-6-7-27-22(28-18)29-19-10-16(25)4-5-20(19)34(3,32)33/h4-10,13H,12H2,1-3H3,(H,27,28,29). The Bertz CT molecular complexity index is 1450. The first-order valence-corrected chi connectivity index (χ1v) is 12.5. The van der Waals surface area contributed by atoms with E-state index >= 15 is 0 Å². The summed E-state index contributed by atoms with van der Waals surface area (Å²) >= 11 is 6.07. The van der Waals surface area contributed by atoms with Crippen LogP contribution >= 0.6 is 11.6 Å². The number of nitrogens with one attached hydrogen (secondary N) is 1. The van der Waals surface area contributed by atoms with Crippen molar-refractivity contribution in [1.29, 1.82) is 5.26 Å². The maximum Gasteiger partial charge on any atom is 0.329 e. The lowest BCUT2D eigenvalue weighted by molar-refractivity contribution is 0.565. The second-order valence-electron chi connectivity index (χ2n) is 8.63. The molecule has 4 rings (SSSR count). The molecule has 0 aliphatic carbocycles. The molecule has 1 aliphatic rings. The van der Waals surface area contributed by atoms with Gasteiger partial charge in [0, 0.05) is 40.7 Å². The first-order valence-electron chi connectivity index (χ1n) is 10.3. The lowest BCUT2D eigenvalue weighted by Crippen LogP contribution is -2.32. The third-order valence-electron chi connectivity index (χ3n) is 5.59. The van der Waals surface area contributed by atoms with E-state index in [4.69, 9.17) is 11.6 Å². The van der Waals surface area contributed by atoms with Gasteiger partial charge in [0.1, 0.15) is 12.3 Å². The molecule has 0 saturated carbocycles. The van der Waals surface area contributed by atoms with Gasteiger partial charge in [-0.1, -0.05) is 25.4 Å². The number of anilines is 3. The normalized spacial score (nSPS) is 14.3. The third-order valence-corrected chi connectivity index (χ3v) is 6.98. The molecule has 1 radical (unpaired) electrons. The molecule has 3 aromatic rings. The fourth-order valence-corrected chi connectivity index (χ4v) is 5.10. The lowest BCUT2D eigenvalue weighted by Gasteiger charge is -2.20. The van der Waals surface area contributed by atoms with Crippen LogP contribution in [0.3, 0.4) is 0 Å². The number of carbonyl (C=O) groups is 1. The summed E-state index contributed by atoms with van der Waals surface area (Å²) in [6.07, 6.45) is 3.37. The van der Waals surface area contributed by atoms with Gasteiger partial charge in [-0.25, -0.2) is 18.4 Å². The van der Waals surface area contributed by atoms with Crippen LogP contribution in [0.25, 0.3) is 11.3 Å². The van der Waals surface area contributed by atoms with Gasteiger partial charge in [-0.2, -0.15) is 5.26 Å². The smallest absolute Gasteiger partial charge is 0.329 e. The summed E-state index contributed by atoms with van der Waals surface area (Å²) in [7, 11) is -2.08. The molecule has 0 fully saturated rings. The van der Waals surface area contributed by atoms with Gasteiger partial charge in [-0.05, 0) is 42.0 Å². The van der Waals surface area contributed by atoms with Gasteiger partial charge < -0.3 is 14.9 Å². The SMILES string of the molecule is CC1(C)CN([B]C=O)c2c(C#N)cc(-c3ccnc(Nc4cc(Cl)ccc4S(C)(=O)=O)n3)cc21. The molecular weight excluding hydrogens is 473 g/mol. The van der Waals surface area contributed by atoms with E-state index in [0.717, 1.165) is 11.8 Å². The predicted octanol–water partition coefficient (Wildman–Crippen LogP) is 3.72. The third kappa shape index (κ3) is 4.49. The average Bonchev–Trinajstić information content (AvgIpc) is 3.02. The summed E-state index contributed by atoms with van der Waals surface area (Å²) in [6, 6.07) is 12.0. The van der Waals surface area contributed by atoms with Crippen LogP contribution in [0, 0.1) is 11.3 Å². The van der Waals surface area contributed by atoms with Crippen molar-refractivity contribution in [2.45, 2.75) is 24.2 Å². The van der Waals surface area contributed by atoms with Gasteiger partial charge in [0.15, 0.2) is 9.84 Å². The van der Waals surface area contributed by atoms with Gasteiger partial charge in [0.2, 0.25) is 5.95 Å². The summed E-state index contributed by atoms with van der Waals surface area (Å²) < 4.78 is 24.3. The molecule has 0 atom stereocenters. The Morgan fingerprint density at radius 3 is 2.71 bits per heavy atom. The second-order valence-corrected chi connectivity index (χ2v) is 11.1. The molecule has 2 heterocycles. The quantitative estimate of drug-likeness (QED) is 0.409. The molecule has 11 heteroatoms. The number of hydrogen-bond donors (Lipinski definition) is 1. The van der Waals surface area contributed by atoms with Crippen molar-refractivity contribution >= 4 is 52.4 Å². The van der Waals surface area contributed by atoms with Crippen molar-refractivity contribution in [1.82, 2.24) is 9.97 Å². The van der Waals surface area contributed by atoms with Crippen LogP contribution < -0.4 is 10.1 Å². The zero-order valence-corrected chi connectivity index (χ0v) is 20.3. The summed E-state index contributed by atoms with van der Waals surface area (Å²) in [5.41, 5.74) is 3.30. The van der Waals surface area contributed by atoms with E-state index in [-0.39, 0.29) is 21.9 Å². The molecular formula is C23H20BClN5O3S. The highest BCUT2D eigenvalue weighted by Crippen LogP contribution is 2.44. The Morgan fingerprint density at radius 1 is 1.26 bits per heavy atom. The topological polar surface area (TPSA) is 116 Å². The summed E-state index contributed by atoms with van der Waals surface area (Å²) in [5, 5.41) is 13.1. The Labute approximate surface area is 203 Å². The molecule has 0 bridgehead atoms. The van der Waals surface area contributed by atoms with Crippen LogP contribution in [0.5, 0.6) is 0 Å². The average molecular weight is 493 g/mol. The van der Waals surface area contributed by atoms with E-state index in [9.17, 15) is 18.5 Å². The Morgan fingerprint density at radius 2 is 2.03 bits per heavy atom. The highest BCUT2D eigenvalue weighted by atomic mass is 35.5. The second kappa shape index (κ2) is 8.74. The molecule has 1 N–H and O–H groups in total. The molecule has 0 amide bonds. The first-order chi connectivity index (χ1) is 16.0. The minimum Gasteiger partial charge on any atom is -0.410 e. The first kappa shape index (κ1) is 23.7. The number of carbonyl (C=O) groups excluding carboxylic acids is 1. The number of aromatic nitrogens is 2. The minimum atomic E-state index is -3.52. The molecule has 34 heavy (non-hydrogen) atoms. The summed E-state index contributed by atoms with van der Waals surface area (Å²) in [4.78, 5) is 21.7. The highest BCUT2D eigenvalue weighted by molar-refractivity contribution is 7.90. The highest BCUT2D eigenvalue weighted by Gasteiger charge is 2.37. The molecule has 0 saturated heterocycles. The van der Waals surface area contributed by atoms with Crippen LogP contribution in [0.4, 0.5) is 17.3 Å². The number of benzene rings is 2. The van der Waals surface area contributed by atoms with Crippen molar-refractivity contribution in [2.24, 2.45) is 0 Å². The molecule has 0 unspecified atom stereocenters. The van der Waals surface area contributed by atoms with Crippen molar-refractivity contribution in [3.05, 3.63) is 58.7 Å². The van der Waals surface area contributed by atoms with Gasteiger partial charge in [0.25, 0.3) is 0 Å². The number of hydrogen-bond acceptors (Lipinski definition) is 8. The monoisotopic (exact) mass is 492 g/mol. The van der Waals surface area contributed by atoms with Crippen LogP contribution in [0.2, 0.25) is 5.02 Å². The van der Waals surface area contributed by atoms with Crippen molar-refractivity contribution in [2.75, 3.05) is 22.9 Å². The molecule has 8 nitrogen and oxygen atoms in total. The minimum absolute atomic E-state index is 0.0727. The van der Waals surface area contributed by atoms with Crippen molar-refractivity contribution < 1.29 is 13.2 Å². The maximum atomic E-state index is 12.2. The Balaban J connectivity index is 1.78. The van der Waals surface area contributed by atoms with Crippen molar-refractivity contribution in [3.8, 4) is 17.3 Å². The molecule has 1 aromatic heterocycles. The van der Waals surface area contributed by atoms with Crippen LogP contribution in [-0.2, 0) is 20.0 Å². The summed E-state index contributed by atoms with van der Waals surface area (Å²) in [5.74, 6) is 0.179. The molecule has 171 valence electrons. The van der Waals surface area contributed by atoms with Crippen molar-refractivity contribution in [3.63, 3.8) is 0 Å². The molecule has 1 aliphatic heterocycles. The largest absolute Gasteiger partial charge is 0.410 e. The zero-order chi connectivity index (χ0) is 24.7. The van der Waals surface area contributed by atoms with Crippen LogP contribution in [-0.4, -0.2) is 44.8 Å². The van der Waals surface area contributed by atoms with E-state index in [1.165, 1.54) is 25.6 Å². The number of rotatable bonds is 6. The molecule has 0 spiro atoms. The fourth-order valence-electron chi connectivity index (χ4n) is 4.11. The van der Waals surface area contributed by atoms with Gasteiger partial charge >= 0.3 is 7.41 Å². The van der Waals surface area contributed by atoms with E-state index in [2.05, 4.69) is 21.4 Å². The van der Waals surface area contributed by atoms with Gasteiger partial charge in [-0.15, -0.1) is 0 Å². The number of nitriles is 1. The number of nitrogens with zero attached hydrogens (tertiary/aromatic N) is 4.